The average Bonchev–Trinajstić information content (AvgIpc) is 2.36. The molecule has 0 saturated heterocycles. The maximum Gasteiger partial charge on any atom is 0.150 e. The maximum absolute atomic E-state index is 5.95. The van der Waals surface area contributed by atoms with Gasteiger partial charge in [-0.3, -0.25) is 4.98 Å². The second-order valence-electron chi connectivity index (χ2n) is 3.42. The molecule has 0 aliphatic rings. The lowest BCUT2D eigenvalue weighted by molar-refractivity contribution is 0.951. The van der Waals surface area contributed by atoms with Crippen molar-refractivity contribution >= 4 is 23.2 Å². The van der Waals surface area contributed by atoms with Gasteiger partial charge in [0.05, 0.1) is 0 Å². The highest BCUT2D eigenvalue weighted by molar-refractivity contribution is 6.35. The Labute approximate surface area is 104 Å². The molecule has 2 heterocycles. The molecule has 3 N–H and O–H groups in total. The van der Waals surface area contributed by atoms with Crippen molar-refractivity contribution in [2.75, 3.05) is 17.6 Å². The molecule has 0 fully saturated rings. The van der Waals surface area contributed by atoms with E-state index in [1.54, 1.807) is 6.20 Å². The van der Waals surface area contributed by atoms with Gasteiger partial charge in [0.15, 0.2) is 0 Å². The van der Waals surface area contributed by atoms with Crippen LogP contribution in [0.3, 0.4) is 0 Å². The van der Waals surface area contributed by atoms with Crippen LogP contribution >= 0.6 is 11.6 Å². The first-order valence-corrected chi connectivity index (χ1v) is 5.55. The number of hydrogen-bond donors (Lipinski definition) is 2. The first-order chi connectivity index (χ1) is 8.27. The molecule has 0 radical (unpaired) electrons. The van der Waals surface area contributed by atoms with Gasteiger partial charge in [-0.15, -0.1) is 0 Å². The van der Waals surface area contributed by atoms with Gasteiger partial charge >= 0.3 is 0 Å². The Morgan fingerprint density at radius 1 is 1.24 bits per heavy atom. The highest BCUT2D eigenvalue weighted by Crippen LogP contribution is 2.22. The molecule has 0 amide bonds. The lowest BCUT2D eigenvalue weighted by Gasteiger charge is -2.07. The normalized spacial score (nSPS) is 10.2. The van der Waals surface area contributed by atoms with Crippen molar-refractivity contribution in [1.82, 2.24) is 15.0 Å². The predicted octanol–water partition coefficient (Wildman–Crippen LogP) is 1.76. The van der Waals surface area contributed by atoms with Crippen LogP contribution in [-0.4, -0.2) is 21.5 Å². The van der Waals surface area contributed by atoms with E-state index in [-0.39, 0.29) is 5.82 Å². The summed E-state index contributed by atoms with van der Waals surface area (Å²) in [7, 11) is 0. The van der Waals surface area contributed by atoms with E-state index in [1.807, 2.05) is 18.2 Å². The topological polar surface area (TPSA) is 76.7 Å². The van der Waals surface area contributed by atoms with E-state index >= 15 is 0 Å². The molecular weight excluding hydrogens is 238 g/mol. The van der Waals surface area contributed by atoms with Crippen LogP contribution in [0.2, 0.25) is 5.02 Å². The smallest absolute Gasteiger partial charge is 0.150 e. The molecule has 88 valence electrons. The number of nitrogen functional groups attached to an aromatic ring is 1. The van der Waals surface area contributed by atoms with Crippen molar-refractivity contribution in [3.8, 4) is 0 Å². The zero-order valence-corrected chi connectivity index (χ0v) is 9.85. The van der Waals surface area contributed by atoms with Gasteiger partial charge in [-0.2, -0.15) is 0 Å². The molecule has 0 atom stereocenters. The van der Waals surface area contributed by atoms with Crippen LogP contribution in [0, 0.1) is 0 Å². The van der Waals surface area contributed by atoms with Gasteiger partial charge in [0.2, 0.25) is 0 Å². The largest absolute Gasteiger partial charge is 0.382 e. The number of nitrogens with two attached hydrogens (primary N) is 1. The van der Waals surface area contributed by atoms with Gasteiger partial charge in [-0.1, -0.05) is 17.7 Å². The number of rotatable bonds is 4. The minimum Gasteiger partial charge on any atom is -0.382 e. The summed E-state index contributed by atoms with van der Waals surface area (Å²) in [6, 6.07) is 5.81. The van der Waals surface area contributed by atoms with Crippen molar-refractivity contribution in [2.24, 2.45) is 0 Å². The standard InChI is InChI=1S/C11H12ClN5/c12-9-10(13)16-7-17-11(9)15-6-4-8-3-1-2-5-14-8/h1-3,5,7H,4,6H2,(H3,13,15,16,17). The summed E-state index contributed by atoms with van der Waals surface area (Å²) in [5.41, 5.74) is 6.58. The molecule has 0 saturated carbocycles. The molecule has 0 unspecified atom stereocenters. The first-order valence-electron chi connectivity index (χ1n) is 5.17. The number of halogens is 1. The minimum atomic E-state index is 0.280. The van der Waals surface area contributed by atoms with Crippen molar-refractivity contribution in [3.05, 3.63) is 41.4 Å². The van der Waals surface area contributed by atoms with Gasteiger partial charge in [-0.05, 0) is 12.1 Å². The van der Waals surface area contributed by atoms with Gasteiger partial charge in [0, 0.05) is 24.9 Å². The van der Waals surface area contributed by atoms with Crippen molar-refractivity contribution in [3.63, 3.8) is 0 Å². The van der Waals surface area contributed by atoms with Crippen molar-refractivity contribution < 1.29 is 0 Å². The third kappa shape index (κ3) is 3.04. The second-order valence-corrected chi connectivity index (χ2v) is 3.80. The van der Waals surface area contributed by atoms with Crippen molar-refractivity contribution in [2.45, 2.75) is 6.42 Å². The number of pyridine rings is 1. The molecule has 17 heavy (non-hydrogen) atoms. The Kier molecular flexibility index (Phi) is 3.72. The summed E-state index contributed by atoms with van der Waals surface area (Å²) in [5, 5.41) is 3.45. The third-order valence-corrected chi connectivity index (χ3v) is 2.59. The molecule has 2 rings (SSSR count). The Hall–Kier alpha value is -1.88. The summed E-state index contributed by atoms with van der Waals surface area (Å²) >= 11 is 5.95. The van der Waals surface area contributed by atoms with Crippen LogP contribution in [0.15, 0.2) is 30.7 Å². The predicted molar refractivity (Wildman–Crippen MR) is 67.9 cm³/mol. The Bertz CT molecular complexity index is 488. The van der Waals surface area contributed by atoms with Crippen LogP contribution in [0.25, 0.3) is 0 Å². The van der Waals surface area contributed by atoms with E-state index in [4.69, 9.17) is 17.3 Å². The van der Waals surface area contributed by atoms with E-state index in [0.29, 0.717) is 17.4 Å². The van der Waals surface area contributed by atoms with Crippen LogP contribution in [-0.2, 0) is 6.42 Å². The highest BCUT2D eigenvalue weighted by Gasteiger charge is 2.05. The fraction of sp³-hybridized carbons (Fsp3) is 0.182. The molecular formula is C11H12ClN5. The van der Waals surface area contributed by atoms with Crippen LogP contribution < -0.4 is 11.1 Å². The fourth-order valence-corrected chi connectivity index (χ4v) is 1.53. The second kappa shape index (κ2) is 5.45. The number of hydrogen-bond acceptors (Lipinski definition) is 5. The summed E-state index contributed by atoms with van der Waals surface area (Å²) in [6.07, 6.45) is 3.94. The zero-order chi connectivity index (χ0) is 12.1. The van der Waals surface area contributed by atoms with Gasteiger partial charge in [0.1, 0.15) is 23.0 Å². The number of aromatic nitrogens is 3. The molecule has 0 spiro atoms. The summed E-state index contributed by atoms with van der Waals surface area (Å²) in [5.74, 6) is 0.831. The highest BCUT2D eigenvalue weighted by atomic mass is 35.5. The molecule has 0 aliphatic heterocycles. The molecule has 2 aromatic heterocycles. The Morgan fingerprint density at radius 2 is 2.12 bits per heavy atom. The summed E-state index contributed by atoms with van der Waals surface area (Å²) in [4.78, 5) is 12.0. The van der Waals surface area contributed by atoms with E-state index in [0.717, 1.165) is 12.1 Å². The van der Waals surface area contributed by atoms with Crippen LogP contribution in [0.1, 0.15) is 5.69 Å². The maximum atomic E-state index is 5.95. The van der Waals surface area contributed by atoms with Gasteiger partial charge in [0.25, 0.3) is 0 Å². The number of nitrogens with one attached hydrogen (secondary N) is 1. The van der Waals surface area contributed by atoms with E-state index in [9.17, 15) is 0 Å². The van der Waals surface area contributed by atoms with E-state index in [1.165, 1.54) is 6.33 Å². The van der Waals surface area contributed by atoms with Gasteiger partial charge in [-0.25, -0.2) is 9.97 Å². The minimum absolute atomic E-state index is 0.280. The Balaban J connectivity index is 1.93. The van der Waals surface area contributed by atoms with E-state index in [2.05, 4.69) is 20.3 Å². The molecule has 2 aromatic rings. The van der Waals surface area contributed by atoms with Crippen LogP contribution in [0.4, 0.5) is 11.6 Å². The monoisotopic (exact) mass is 249 g/mol. The average molecular weight is 250 g/mol. The zero-order valence-electron chi connectivity index (χ0n) is 9.10. The molecule has 5 nitrogen and oxygen atoms in total. The van der Waals surface area contributed by atoms with E-state index < -0.39 is 0 Å². The fourth-order valence-electron chi connectivity index (χ4n) is 1.36. The number of nitrogens with zero attached hydrogens (tertiary/aromatic N) is 3. The lowest BCUT2D eigenvalue weighted by atomic mass is 10.3. The summed E-state index contributed by atoms with van der Waals surface area (Å²) < 4.78 is 0. The number of anilines is 2. The first kappa shape index (κ1) is 11.6. The lowest BCUT2D eigenvalue weighted by Crippen LogP contribution is -2.08. The molecule has 0 bridgehead atoms. The third-order valence-electron chi connectivity index (χ3n) is 2.22. The van der Waals surface area contributed by atoms with Gasteiger partial charge < -0.3 is 11.1 Å². The Morgan fingerprint density at radius 3 is 2.88 bits per heavy atom. The quantitative estimate of drug-likeness (QED) is 0.864. The molecule has 0 aliphatic carbocycles. The van der Waals surface area contributed by atoms with Crippen LogP contribution in [0.5, 0.6) is 0 Å². The SMILES string of the molecule is Nc1ncnc(NCCc2ccccn2)c1Cl. The molecule has 0 aromatic carbocycles. The molecule has 6 heteroatoms. The van der Waals surface area contributed by atoms with Crippen molar-refractivity contribution in [1.29, 1.82) is 0 Å². The summed E-state index contributed by atoms with van der Waals surface area (Å²) in [6.45, 7) is 0.688.